The van der Waals surface area contributed by atoms with Gasteiger partial charge in [-0.25, -0.2) is 8.42 Å². The molecule has 1 aromatic carbocycles. The molecule has 1 fully saturated rings. The van der Waals surface area contributed by atoms with E-state index in [1.165, 1.54) is 16.4 Å². The number of esters is 1. The molecule has 190 valence electrons. The number of ether oxygens (including phenoxy) is 3. The number of piperidine rings is 1. The van der Waals surface area contributed by atoms with E-state index in [1.54, 1.807) is 11.0 Å². The van der Waals surface area contributed by atoms with Crippen molar-refractivity contribution in [1.29, 1.82) is 0 Å². The van der Waals surface area contributed by atoms with Crippen LogP contribution in [0.1, 0.15) is 40.5 Å². The van der Waals surface area contributed by atoms with Crippen molar-refractivity contribution in [2.45, 2.75) is 45.4 Å². The molecule has 34 heavy (non-hydrogen) atoms. The second-order valence-corrected chi connectivity index (χ2v) is 11.6. The maximum Gasteiger partial charge on any atom is 0.309 e. The van der Waals surface area contributed by atoms with Crippen molar-refractivity contribution < 1.29 is 32.2 Å². The van der Waals surface area contributed by atoms with Crippen LogP contribution in [0.5, 0.6) is 11.5 Å². The first-order valence-corrected chi connectivity index (χ1v) is 13.4. The van der Waals surface area contributed by atoms with E-state index in [4.69, 9.17) is 14.2 Å². The second kappa shape index (κ2) is 11.4. The smallest absolute Gasteiger partial charge is 0.309 e. The zero-order valence-corrected chi connectivity index (χ0v) is 21.3. The molecule has 0 bridgehead atoms. The van der Waals surface area contributed by atoms with Crippen LogP contribution in [-0.4, -0.2) is 75.5 Å². The first kappa shape index (κ1) is 26.3. The van der Waals surface area contributed by atoms with Crippen LogP contribution in [0.3, 0.4) is 0 Å². The fourth-order valence-corrected chi connectivity index (χ4v) is 5.65. The van der Waals surface area contributed by atoms with Gasteiger partial charge in [0.2, 0.25) is 10.0 Å². The van der Waals surface area contributed by atoms with Crippen LogP contribution in [-0.2, 0) is 24.3 Å². The fourth-order valence-electron chi connectivity index (χ4n) is 4.17. The van der Waals surface area contributed by atoms with Crippen molar-refractivity contribution in [3.63, 3.8) is 0 Å². The summed E-state index contributed by atoms with van der Waals surface area (Å²) in [6, 6.07) is 4.59. The minimum Gasteiger partial charge on any atom is -0.486 e. The summed E-state index contributed by atoms with van der Waals surface area (Å²) in [7, 11) is -3.72. The van der Waals surface area contributed by atoms with Crippen LogP contribution < -0.4 is 9.47 Å². The number of benzene rings is 1. The van der Waals surface area contributed by atoms with Gasteiger partial charge in [-0.05, 0) is 36.8 Å². The van der Waals surface area contributed by atoms with Gasteiger partial charge in [0.25, 0.3) is 5.91 Å². The average Bonchev–Trinajstić information content (AvgIpc) is 2.81. The van der Waals surface area contributed by atoms with Crippen LogP contribution in [0.15, 0.2) is 23.1 Å². The molecule has 0 aromatic heterocycles. The molecule has 0 radical (unpaired) electrons. The van der Waals surface area contributed by atoms with Crippen LogP contribution in [0.2, 0.25) is 0 Å². The SMILES string of the molecule is CC(C)CN(CC(C)C)C(=O)COC(=O)C1CCN(S(=O)(=O)c2ccc3c(c2)OCCO3)CC1. The molecule has 0 atom stereocenters. The molecule has 2 aliphatic rings. The summed E-state index contributed by atoms with van der Waals surface area (Å²) >= 11 is 0. The van der Waals surface area contributed by atoms with Crippen molar-refractivity contribution in [1.82, 2.24) is 9.21 Å². The van der Waals surface area contributed by atoms with Crippen LogP contribution in [0.4, 0.5) is 0 Å². The Bertz CT molecular complexity index is 960. The summed E-state index contributed by atoms with van der Waals surface area (Å²) < 4.78 is 43.8. The number of hydrogen-bond donors (Lipinski definition) is 0. The number of carbonyl (C=O) groups excluding carboxylic acids is 2. The zero-order chi connectivity index (χ0) is 24.9. The van der Waals surface area contributed by atoms with E-state index in [9.17, 15) is 18.0 Å². The Morgan fingerprint density at radius 3 is 2.21 bits per heavy atom. The molecule has 2 heterocycles. The van der Waals surface area contributed by atoms with Gasteiger partial charge in [0.05, 0.1) is 10.8 Å². The van der Waals surface area contributed by atoms with Gasteiger partial charge in [-0.3, -0.25) is 9.59 Å². The number of hydrogen-bond acceptors (Lipinski definition) is 7. The average molecular weight is 497 g/mol. The van der Waals surface area contributed by atoms with Gasteiger partial charge in [0.1, 0.15) is 13.2 Å². The Hall–Kier alpha value is -2.33. The van der Waals surface area contributed by atoms with E-state index in [-0.39, 0.29) is 30.5 Å². The number of amides is 1. The number of rotatable bonds is 9. The van der Waals surface area contributed by atoms with Crippen molar-refractivity contribution in [3.8, 4) is 11.5 Å². The van der Waals surface area contributed by atoms with Crippen molar-refractivity contribution in [3.05, 3.63) is 18.2 Å². The number of sulfonamides is 1. The summed E-state index contributed by atoms with van der Waals surface area (Å²) in [5.74, 6) is 0.509. The lowest BCUT2D eigenvalue weighted by molar-refractivity contribution is -0.156. The molecular weight excluding hydrogens is 460 g/mol. The minimum atomic E-state index is -3.72. The van der Waals surface area contributed by atoms with E-state index >= 15 is 0 Å². The Morgan fingerprint density at radius 1 is 1.03 bits per heavy atom. The van der Waals surface area contributed by atoms with Gasteiger partial charge in [-0.1, -0.05) is 27.7 Å². The van der Waals surface area contributed by atoms with Gasteiger partial charge in [-0.2, -0.15) is 4.31 Å². The predicted octanol–water partition coefficient (Wildman–Crippen LogP) is 2.54. The lowest BCUT2D eigenvalue weighted by atomic mass is 9.98. The lowest BCUT2D eigenvalue weighted by Gasteiger charge is -2.31. The largest absolute Gasteiger partial charge is 0.486 e. The number of carbonyl (C=O) groups is 2. The zero-order valence-electron chi connectivity index (χ0n) is 20.5. The molecule has 1 amide bonds. The normalized spacial score (nSPS) is 17.1. The van der Waals surface area contributed by atoms with E-state index in [2.05, 4.69) is 0 Å². The second-order valence-electron chi connectivity index (χ2n) is 9.68. The van der Waals surface area contributed by atoms with Crippen molar-refractivity contribution in [2.75, 3.05) is 46.0 Å². The number of fused-ring (bicyclic) bond motifs is 1. The summed E-state index contributed by atoms with van der Waals surface area (Å²) in [4.78, 5) is 27.0. The van der Waals surface area contributed by atoms with Gasteiger partial charge < -0.3 is 19.1 Å². The van der Waals surface area contributed by atoms with Gasteiger partial charge in [0.15, 0.2) is 18.1 Å². The highest BCUT2D eigenvalue weighted by molar-refractivity contribution is 7.89. The van der Waals surface area contributed by atoms with E-state index in [0.29, 0.717) is 62.5 Å². The highest BCUT2D eigenvalue weighted by atomic mass is 32.2. The van der Waals surface area contributed by atoms with E-state index < -0.39 is 21.9 Å². The summed E-state index contributed by atoms with van der Waals surface area (Å²) in [5.41, 5.74) is 0. The predicted molar refractivity (Wildman–Crippen MR) is 126 cm³/mol. The van der Waals surface area contributed by atoms with Crippen LogP contribution >= 0.6 is 0 Å². The van der Waals surface area contributed by atoms with E-state index in [1.807, 2.05) is 27.7 Å². The fraction of sp³-hybridized carbons (Fsp3) is 0.667. The molecule has 0 saturated carbocycles. The Labute approximate surface area is 202 Å². The summed E-state index contributed by atoms with van der Waals surface area (Å²) in [5, 5.41) is 0. The molecule has 9 nitrogen and oxygen atoms in total. The highest BCUT2D eigenvalue weighted by Crippen LogP contribution is 2.34. The quantitative estimate of drug-likeness (QED) is 0.484. The third-order valence-corrected chi connectivity index (χ3v) is 7.69. The van der Waals surface area contributed by atoms with Crippen molar-refractivity contribution >= 4 is 21.9 Å². The first-order chi connectivity index (χ1) is 16.1. The molecular formula is C24H36N2O7S. The first-order valence-electron chi connectivity index (χ1n) is 11.9. The maximum atomic E-state index is 13.1. The third kappa shape index (κ3) is 6.63. The number of nitrogens with zero attached hydrogens (tertiary/aromatic N) is 2. The van der Waals surface area contributed by atoms with Crippen LogP contribution in [0.25, 0.3) is 0 Å². The topological polar surface area (TPSA) is 102 Å². The van der Waals surface area contributed by atoms with Crippen LogP contribution in [0, 0.1) is 17.8 Å². The molecule has 0 N–H and O–H groups in total. The standard InChI is InChI=1S/C24H36N2O7S/c1-17(2)14-25(15-18(3)4)23(27)16-33-24(28)19-7-9-26(10-8-19)34(29,30)20-5-6-21-22(13-20)32-12-11-31-21/h5-6,13,17-19H,7-12,14-16H2,1-4H3. The molecule has 2 aliphatic heterocycles. The molecule has 0 aliphatic carbocycles. The minimum absolute atomic E-state index is 0.138. The molecule has 1 saturated heterocycles. The monoisotopic (exact) mass is 496 g/mol. The Kier molecular flexibility index (Phi) is 8.81. The summed E-state index contributed by atoms with van der Waals surface area (Å²) in [6.45, 7) is 10.3. The van der Waals surface area contributed by atoms with E-state index in [0.717, 1.165) is 0 Å². The molecule has 0 unspecified atom stereocenters. The third-order valence-electron chi connectivity index (χ3n) is 5.80. The molecule has 3 rings (SSSR count). The molecule has 0 spiro atoms. The molecule has 10 heteroatoms. The van der Waals surface area contributed by atoms with Gasteiger partial charge in [0, 0.05) is 32.2 Å². The van der Waals surface area contributed by atoms with Gasteiger partial charge >= 0.3 is 5.97 Å². The highest BCUT2D eigenvalue weighted by Gasteiger charge is 2.34. The maximum absolute atomic E-state index is 13.1. The summed E-state index contributed by atoms with van der Waals surface area (Å²) in [6.07, 6.45) is 0.691. The Balaban J connectivity index is 1.52. The lowest BCUT2D eigenvalue weighted by Crippen LogP contribution is -2.42. The molecule has 1 aromatic rings. The Morgan fingerprint density at radius 2 is 1.62 bits per heavy atom. The van der Waals surface area contributed by atoms with Crippen molar-refractivity contribution in [2.24, 2.45) is 17.8 Å². The van der Waals surface area contributed by atoms with Gasteiger partial charge in [-0.15, -0.1) is 0 Å².